The number of carbonyl (C=O) groups excluding carboxylic acids is 1. The molecule has 0 N–H and O–H groups in total. The first-order valence-corrected chi connectivity index (χ1v) is 8.75. The van der Waals surface area contributed by atoms with Gasteiger partial charge >= 0.3 is 0 Å². The lowest BCUT2D eigenvalue weighted by atomic mass is 9.93. The van der Waals surface area contributed by atoms with Crippen molar-refractivity contribution >= 4 is 5.78 Å². The minimum Gasteiger partial charge on any atom is -0.493 e. The van der Waals surface area contributed by atoms with Crippen LogP contribution in [0.1, 0.15) is 56.3 Å². The molecule has 2 aliphatic heterocycles. The first kappa shape index (κ1) is 16.3. The third kappa shape index (κ3) is 4.25. The molecule has 0 atom stereocenters. The number of ether oxygens (including phenoxy) is 2. The maximum atomic E-state index is 12.1. The van der Waals surface area contributed by atoms with Crippen LogP contribution in [0.25, 0.3) is 0 Å². The molecule has 3 rings (SSSR count). The molecular weight excluding hydrogens is 290 g/mol. The molecule has 4 nitrogen and oxygen atoms in total. The summed E-state index contributed by atoms with van der Waals surface area (Å²) >= 11 is 0. The highest BCUT2D eigenvalue weighted by atomic mass is 16.5. The van der Waals surface area contributed by atoms with Crippen LogP contribution in [0.2, 0.25) is 0 Å². The Morgan fingerprint density at radius 3 is 2.78 bits per heavy atom. The highest BCUT2D eigenvalue weighted by molar-refractivity contribution is 6.00. The quantitative estimate of drug-likeness (QED) is 0.777. The fourth-order valence-corrected chi connectivity index (χ4v) is 3.38. The van der Waals surface area contributed by atoms with Crippen molar-refractivity contribution in [2.45, 2.75) is 51.6 Å². The lowest BCUT2D eigenvalue weighted by Gasteiger charge is -2.31. The second-order valence-electron chi connectivity index (χ2n) is 7.22. The molecule has 0 aliphatic carbocycles. The van der Waals surface area contributed by atoms with E-state index in [1.807, 2.05) is 32.0 Å². The second kappa shape index (κ2) is 6.91. The molecule has 0 saturated carbocycles. The third-order valence-electron chi connectivity index (χ3n) is 4.56. The Morgan fingerprint density at radius 1 is 1.22 bits per heavy atom. The summed E-state index contributed by atoms with van der Waals surface area (Å²) in [5.41, 5.74) is 0.238. The molecule has 126 valence electrons. The number of piperidine rings is 1. The Morgan fingerprint density at radius 2 is 2.00 bits per heavy atom. The summed E-state index contributed by atoms with van der Waals surface area (Å²) in [7, 11) is 0. The van der Waals surface area contributed by atoms with Gasteiger partial charge in [0.2, 0.25) is 0 Å². The molecule has 1 aromatic carbocycles. The summed E-state index contributed by atoms with van der Waals surface area (Å²) in [4.78, 5) is 14.6. The first-order valence-electron chi connectivity index (χ1n) is 8.75. The van der Waals surface area contributed by atoms with Gasteiger partial charge in [-0.15, -0.1) is 0 Å². The Balaban J connectivity index is 1.52. The van der Waals surface area contributed by atoms with Gasteiger partial charge in [0.1, 0.15) is 17.1 Å². The Bertz CT molecular complexity index is 562. The minimum atomic E-state index is -0.434. The van der Waals surface area contributed by atoms with Crippen molar-refractivity contribution in [1.29, 1.82) is 0 Å². The highest BCUT2D eigenvalue weighted by Gasteiger charge is 2.32. The van der Waals surface area contributed by atoms with Crippen LogP contribution in [0.15, 0.2) is 18.2 Å². The smallest absolute Gasteiger partial charge is 0.170 e. The van der Waals surface area contributed by atoms with Crippen molar-refractivity contribution in [1.82, 2.24) is 4.90 Å². The van der Waals surface area contributed by atoms with Gasteiger partial charge < -0.3 is 14.4 Å². The maximum absolute atomic E-state index is 12.1. The Kier molecular flexibility index (Phi) is 4.90. The van der Waals surface area contributed by atoms with Crippen LogP contribution < -0.4 is 9.47 Å². The molecule has 0 bridgehead atoms. The Hall–Kier alpha value is -1.55. The van der Waals surface area contributed by atoms with Crippen LogP contribution >= 0.6 is 0 Å². The van der Waals surface area contributed by atoms with E-state index in [9.17, 15) is 4.79 Å². The van der Waals surface area contributed by atoms with Crippen molar-refractivity contribution in [2.75, 3.05) is 26.2 Å². The van der Waals surface area contributed by atoms with Crippen LogP contribution in [0.4, 0.5) is 0 Å². The average molecular weight is 317 g/mol. The van der Waals surface area contributed by atoms with E-state index in [-0.39, 0.29) is 5.78 Å². The molecule has 0 aromatic heterocycles. The summed E-state index contributed by atoms with van der Waals surface area (Å²) in [6.07, 6.45) is 5.48. The predicted molar refractivity (Wildman–Crippen MR) is 90.5 cm³/mol. The molecule has 23 heavy (non-hydrogen) atoms. The molecule has 0 radical (unpaired) electrons. The number of benzene rings is 1. The van der Waals surface area contributed by atoms with Gasteiger partial charge in [-0.25, -0.2) is 0 Å². The standard InChI is InChI=1S/C19H27NO3/c1-19(2)14-17(21)16-8-7-15(13-18(16)23-19)22-12-6-11-20-9-4-3-5-10-20/h7-8,13H,3-6,9-12,14H2,1-2H3. The van der Waals surface area contributed by atoms with E-state index < -0.39 is 5.60 Å². The van der Waals surface area contributed by atoms with E-state index in [4.69, 9.17) is 9.47 Å². The third-order valence-corrected chi connectivity index (χ3v) is 4.56. The van der Waals surface area contributed by atoms with Crippen molar-refractivity contribution < 1.29 is 14.3 Å². The largest absolute Gasteiger partial charge is 0.493 e. The number of fused-ring (bicyclic) bond motifs is 1. The van der Waals surface area contributed by atoms with Gasteiger partial charge in [0.15, 0.2) is 5.78 Å². The lowest BCUT2D eigenvalue weighted by Crippen LogP contribution is -2.35. The number of hydrogen-bond acceptors (Lipinski definition) is 4. The van der Waals surface area contributed by atoms with Crippen molar-refractivity contribution in [3.05, 3.63) is 23.8 Å². The van der Waals surface area contributed by atoms with E-state index >= 15 is 0 Å². The van der Waals surface area contributed by atoms with Gasteiger partial charge in [0, 0.05) is 12.6 Å². The van der Waals surface area contributed by atoms with Crippen LogP contribution in [-0.2, 0) is 0 Å². The van der Waals surface area contributed by atoms with Crippen molar-refractivity contribution in [3.8, 4) is 11.5 Å². The number of Topliss-reactive ketones (excluding diaryl/α,β-unsaturated/α-hetero) is 1. The Labute approximate surface area is 138 Å². The number of hydrogen-bond donors (Lipinski definition) is 0. The summed E-state index contributed by atoms with van der Waals surface area (Å²) in [5, 5.41) is 0. The zero-order valence-corrected chi connectivity index (χ0v) is 14.3. The van der Waals surface area contributed by atoms with Crippen molar-refractivity contribution in [2.24, 2.45) is 0 Å². The fourth-order valence-electron chi connectivity index (χ4n) is 3.38. The van der Waals surface area contributed by atoms with Crippen LogP contribution in [0, 0.1) is 0 Å². The first-order chi connectivity index (χ1) is 11.0. The molecule has 0 amide bonds. The predicted octanol–water partition coefficient (Wildman–Crippen LogP) is 3.69. The minimum absolute atomic E-state index is 0.146. The summed E-state index contributed by atoms with van der Waals surface area (Å²) in [6, 6.07) is 5.56. The molecule has 2 heterocycles. The number of likely N-dealkylation sites (tertiary alicyclic amines) is 1. The summed E-state index contributed by atoms with van der Waals surface area (Å²) in [5.74, 6) is 1.58. The fraction of sp³-hybridized carbons (Fsp3) is 0.632. The van der Waals surface area contributed by atoms with Gasteiger partial charge in [-0.2, -0.15) is 0 Å². The van der Waals surface area contributed by atoms with Gasteiger partial charge in [-0.1, -0.05) is 6.42 Å². The topological polar surface area (TPSA) is 38.8 Å². The molecule has 0 unspecified atom stereocenters. The molecule has 2 aliphatic rings. The van der Waals surface area contributed by atoms with Crippen LogP contribution in [0.3, 0.4) is 0 Å². The monoisotopic (exact) mass is 317 g/mol. The van der Waals surface area contributed by atoms with E-state index in [1.54, 1.807) is 0 Å². The molecule has 1 saturated heterocycles. The van der Waals surface area contributed by atoms with Gasteiger partial charge in [-0.05, 0) is 58.3 Å². The zero-order chi connectivity index (χ0) is 16.3. The molecule has 0 spiro atoms. The highest BCUT2D eigenvalue weighted by Crippen LogP contribution is 2.35. The molecule has 1 fully saturated rings. The second-order valence-corrected chi connectivity index (χ2v) is 7.22. The van der Waals surface area contributed by atoms with Crippen LogP contribution in [0.5, 0.6) is 11.5 Å². The van der Waals surface area contributed by atoms with Gasteiger partial charge in [0.25, 0.3) is 0 Å². The number of nitrogens with zero attached hydrogens (tertiary/aromatic N) is 1. The lowest BCUT2D eigenvalue weighted by molar-refractivity contribution is 0.0618. The summed E-state index contributed by atoms with van der Waals surface area (Å²) < 4.78 is 11.8. The number of rotatable bonds is 5. The SMILES string of the molecule is CC1(C)CC(=O)c2ccc(OCCCN3CCCCC3)cc2O1. The maximum Gasteiger partial charge on any atom is 0.170 e. The molecule has 4 heteroatoms. The number of ketones is 1. The molecule has 1 aromatic rings. The van der Waals surface area contributed by atoms with E-state index in [1.165, 1.54) is 32.4 Å². The van der Waals surface area contributed by atoms with E-state index in [0.29, 0.717) is 24.3 Å². The van der Waals surface area contributed by atoms with E-state index in [2.05, 4.69) is 4.90 Å². The molecular formula is C19H27NO3. The van der Waals surface area contributed by atoms with Gasteiger partial charge in [0.05, 0.1) is 18.6 Å². The zero-order valence-electron chi connectivity index (χ0n) is 14.3. The number of carbonyl (C=O) groups is 1. The normalized spacial score (nSPS) is 20.7. The van der Waals surface area contributed by atoms with Crippen LogP contribution in [-0.4, -0.2) is 42.5 Å². The van der Waals surface area contributed by atoms with Crippen molar-refractivity contribution in [3.63, 3.8) is 0 Å². The summed E-state index contributed by atoms with van der Waals surface area (Å²) in [6.45, 7) is 8.15. The van der Waals surface area contributed by atoms with E-state index in [0.717, 1.165) is 18.7 Å². The average Bonchev–Trinajstić information content (AvgIpc) is 2.51. The van der Waals surface area contributed by atoms with Gasteiger partial charge in [-0.3, -0.25) is 4.79 Å².